The molecule has 3 amide bonds. The summed E-state index contributed by atoms with van der Waals surface area (Å²) in [4.78, 5) is 24.2. The van der Waals surface area contributed by atoms with Gasteiger partial charge in [0.05, 0.1) is 5.25 Å². The molecule has 2 heterocycles. The number of thioether (sulfide) groups is 1. The fraction of sp³-hybridized carbons (Fsp3) is 0.429. The van der Waals surface area contributed by atoms with E-state index in [1.54, 1.807) is 11.3 Å². The first kappa shape index (κ1) is 17.5. The molecule has 0 spiro atoms. The molecule has 2 aromatic heterocycles. The van der Waals surface area contributed by atoms with Crippen LogP contribution < -0.4 is 11.1 Å². The third kappa shape index (κ3) is 4.55. The maximum Gasteiger partial charge on any atom is 0.318 e. The van der Waals surface area contributed by atoms with Gasteiger partial charge in [0.25, 0.3) is 0 Å². The van der Waals surface area contributed by atoms with Crippen molar-refractivity contribution in [2.75, 3.05) is 0 Å². The molecule has 7 nitrogen and oxygen atoms in total. The molecule has 0 saturated carbocycles. The van der Waals surface area contributed by atoms with Crippen LogP contribution in [0, 0.1) is 5.92 Å². The highest BCUT2D eigenvalue weighted by atomic mass is 32.2. The molecular formula is C14H19N5O2S2. The summed E-state index contributed by atoms with van der Waals surface area (Å²) in [5, 5.41) is 12.7. The number of nitrogens with zero attached hydrogens (tertiary/aromatic N) is 3. The summed E-state index contributed by atoms with van der Waals surface area (Å²) >= 11 is 2.94. The molecule has 0 fully saturated rings. The van der Waals surface area contributed by atoms with Gasteiger partial charge in [-0.2, -0.15) is 0 Å². The van der Waals surface area contributed by atoms with Gasteiger partial charge in [0.15, 0.2) is 5.16 Å². The van der Waals surface area contributed by atoms with Gasteiger partial charge >= 0.3 is 6.03 Å². The SMILES string of the molecule is CC(C)[C@@H](Sc1nnc(Cc2cccs2)n1C)C(=O)NC(N)=O. The number of nitrogens with two attached hydrogens (primary N) is 1. The molecule has 23 heavy (non-hydrogen) atoms. The summed E-state index contributed by atoms with van der Waals surface area (Å²) in [6.45, 7) is 3.81. The number of hydrogen-bond donors (Lipinski definition) is 2. The van der Waals surface area contributed by atoms with Crippen molar-refractivity contribution < 1.29 is 9.59 Å². The number of imide groups is 1. The Hall–Kier alpha value is -1.87. The van der Waals surface area contributed by atoms with Crippen molar-refractivity contribution in [1.29, 1.82) is 0 Å². The average molecular weight is 353 g/mol. The predicted octanol–water partition coefficient (Wildman–Crippen LogP) is 1.78. The number of hydrogen-bond acceptors (Lipinski definition) is 6. The van der Waals surface area contributed by atoms with Gasteiger partial charge in [-0.25, -0.2) is 4.79 Å². The number of urea groups is 1. The van der Waals surface area contributed by atoms with Crippen LogP contribution in [0.25, 0.3) is 0 Å². The zero-order valence-electron chi connectivity index (χ0n) is 13.1. The summed E-state index contributed by atoms with van der Waals surface area (Å²) in [7, 11) is 1.87. The molecule has 1 atom stereocenters. The minimum Gasteiger partial charge on any atom is -0.351 e. The Labute approximate surface area is 142 Å². The number of rotatable bonds is 6. The van der Waals surface area contributed by atoms with Gasteiger partial charge in [0.1, 0.15) is 5.82 Å². The number of primary amides is 1. The van der Waals surface area contributed by atoms with Gasteiger partial charge in [-0.1, -0.05) is 31.7 Å². The second kappa shape index (κ2) is 7.60. The van der Waals surface area contributed by atoms with Crippen LogP contribution in [0.3, 0.4) is 0 Å². The van der Waals surface area contributed by atoms with Crippen LogP contribution in [-0.4, -0.2) is 32.0 Å². The number of carbonyl (C=O) groups is 2. The van der Waals surface area contributed by atoms with E-state index in [4.69, 9.17) is 5.73 Å². The third-order valence-electron chi connectivity index (χ3n) is 3.18. The second-order valence-corrected chi connectivity index (χ2v) is 7.49. The molecule has 2 aromatic rings. The highest BCUT2D eigenvalue weighted by Crippen LogP contribution is 2.27. The average Bonchev–Trinajstić information content (AvgIpc) is 3.07. The normalized spacial score (nSPS) is 12.3. The van der Waals surface area contributed by atoms with Crippen LogP contribution in [-0.2, 0) is 18.3 Å². The van der Waals surface area contributed by atoms with Crippen molar-refractivity contribution in [3.63, 3.8) is 0 Å². The molecule has 3 N–H and O–H groups in total. The molecule has 0 saturated heterocycles. The number of nitrogens with one attached hydrogen (secondary N) is 1. The van der Waals surface area contributed by atoms with Gasteiger partial charge in [0.2, 0.25) is 5.91 Å². The largest absolute Gasteiger partial charge is 0.351 e. The number of carbonyl (C=O) groups excluding carboxylic acids is 2. The fourth-order valence-electron chi connectivity index (χ4n) is 1.97. The van der Waals surface area contributed by atoms with E-state index in [0.29, 0.717) is 11.6 Å². The van der Waals surface area contributed by atoms with E-state index >= 15 is 0 Å². The van der Waals surface area contributed by atoms with Gasteiger partial charge in [-0.05, 0) is 17.4 Å². The third-order valence-corrected chi connectivity index (χ3v) is 5.64. The van der Waals surface area contributed by atoms with Crippen molar-refractivity contribution in [2.45, 2.75) is 30.7 Å². The summed E-state index contributed by atoms with van der Waals surface area (Å²) < 4.78 is 1.87. The summed E-state index contributed by atoms with van der Waals surface area (Å²) in [6, 6.07) is 3.19. The number of thiophene rings is 1. The zero-order chi connectivity index (χ0) is 17.0. The number of amides is 3. The standard InChI is InChI=1S/C14H19N5O2S2/c1-8(2)11(12(20)16-13(15)21)23-14-18-17-10(19(14)3)7-9-5-4-6-22-9/h4-6,8,11H,7H2,1-3H3,(H3,15,16,20,21)/t11-/m1/s1. The van der Waals surface area contributed by atoms with E-state index < -0.39 is 17.2 Å². The van der Waals surface area contributed by atoms with Gasteiger partial charge in [0, 0.05) is 18.3 Å². The molecule has 0 aliphatic carbocycles. The lowest BCUT2D eigenvalue weighted by Gasteiger charge is -2.18. The maximum atomic E-state index is 12.1. The van der Waals surface area contributed by atoms with Crippen LogP contribution in [0.15, 0.2) is 22.7 Å². The van der Waals surface area contributed by atoms with Crippen molar-refractivity contribution in [3.8, 4) is 0 Å². The minimum absolute atomic E-state index is 0.0109. The molecule has 0 radical (unpaired) electrons. The highest BCUT2D eigenvalue weighted by Gasteiger charge is 2.27. The lowest BCUT2D eigenvalue weighted by molar-refractivity contribution is -0.120. The lowest BCUT2D eigenvalue weighted by atomic mass is 10.1. The van der Waals surface area contributed by atoms with E-state index in [9.17, 15) is 9.59 Å². The lowest BCUT2D eigenvalue weighted by Crippen LogP contribution is -2.42. The Bertz CT molecular complexity index is 681. The van der Waals surface area contributed by atoms with Gasteiger partial charge in [-0.3, -0.25) is 10.1 Å². The van der Waals surface area contributed by atoms with E-state index in [-0.39, 0.29) is 5.92 Å². The molecule has 0 aliphatic heterocycles. The van der Waals surface area contributed by atoms with Crippen molar-refractivity contribution in [1.82, 2.24) is 20.1 Å². The molecule has 0 aromatic carbocycles. The van der Waals surface area contributed by atoms with E-state index in [2.05, 4.69) is 15.5 Å². The quantitative estimate of drug-likeness (QED) is 0.771. The molecule has 2 rings (SSSR count). The van der Waals surface area contributed by atoms with E-state index in [0.717, 1.165) is 5.82 Å². The van der Waals surface area contributed by atoms with Gasteiger partial charge in [-0.15, -0.1) is 21.5 Å². The van der Waals surface area contributed by atoms with Crippen molar-refractivity contribution in [2.24, 2.45) is 18.7 Å². The maximum absolute atomic E-state index is 12.1. The Morgan fingerprint density at radius 1 is 1.43 bits per heavy atom. The van der Waals surface area contributed by atoms with Crippen LogP contribution in [0.2, 0.25) is 0 Å². The smallest absolute Gasteiger partial charge is 0.318 e. The van der Waals surface area contributed by atoms with Crippen LogP contribution >= 0.6 is 23.1 Å². The Morgan fingerprint density at radius 2 is 2.17 bits per heavy atom. The predicted molar refractivity (Wildman–Crippen MR) is 90.3 cm³/mol. The van der Waals surface area contributed by atoms with Crippen molar-refractivity contribution in [3.05, 3.63) is 28.2 Å². The van der Waals surface area contributed by atoms with Crippen molar-refractivity contribution >= 4 is 35.0 Å². The van der Waals surface area contributed by atoms with Crippen LogP contribution in [0.4, 0.5) is 4.79 Å². The topological polar surface area (TPSA) is 103 Å². The fourth-order valence-corrected chi connectivity index (χ4v) is 3.69. The van der Waals surface area contributed by atoms with E-state index in [1.165, 1.54) is 16.6 Å². The molecule has 0 unspecified atom stereocenters. The summed E-state index contributed by atoms with van der Waals surface area (Å²) in [5.41, 5.74) is 5.02. The molecule has 9 heteroatoms. The molecule has 124 valence electrons. The molecular weight excluding hydrogens is 334 g/mol. The van der Waals surface area contributed by atoms with Gasteiger partial charge < -0.3 is 10.3 Å². The monoisotopic (exact) mass is 353 g/mol. The van der Waals surface area contributed by atoms with E-state index in [1.807, 2.05) is 43.0 Å². The summed E-state index contributed by atoms with van der Waals surface area (Å²) in [6.07, 6.45) is 0.696. The second-order valence-electron chi connectivity index (χ2n) is 5.35. The highest BCUT2D eigenvalue weighted by molar-refractivity contribution is 8.00. The Balaban J connectivity index is 2.13. The molecule has 0 bridgehead atoms. The number of aromatic nitrogens is 3. The van der Waals surface area contributed by atoms with Crippen LogP contribution in [0.1, 0.15) is 24.5 Å². The Morgan fingerprint density at radius 3 is 2.74 bits per heavy atom. The first-order valence-corrected chi connectivity index (χ1v) is 8.82. The molecule has 0 aliphatic rings. The first-order chi connectivity index (χ1) is 10.9. The first-order valence-electron chi connectivity index (χ1n) is 7.06. The summed E-state index contributed by atoms with van der Waals surface area (Å²) in [5.74, 6) is 0.421. The zero-order valence-corrected chi connectivity index (χ0v) is 14.8. The Kier molecular flexibility index (Phi) is 5.78. The van der Waals surface area contributed by atoms with Crippen LogP contribution in [0.5, 0.6) is 0 Å². The minimum atomic E-state index is -0.849.